The average Bonchev–Trinajstić information content (AvgIpc) is 2.48. The third-order valence-corrected chi connectivity index (χ3v) is 3.56. The molecule has 3 rings (SSSR count). The zero-order chi connectivity index (χ0) is 15.0. The summed E-state index contributed by atoms with van der Waals surface area (Å²) < 4.78 is 13.7. The summed E-state index contributed by atoms with van der Waals surface area (Å²) >= 11 is 6.02. The third-order valence-electron chi connectivity index (χ3n) is 3.33. The Balaban J connectivity index is 2.24. The van der Waals surface area contributed by atoms with E-state index in [2.05, 4.69) is 15.3 Å². The molecule has 21 heavy (non-hydrogen) atoms. The Morgan fingerprint density at radius 3 is 2.62 bits per heavy atom. The molecular formula is C16H13ClFN3. The number of rotatable bonds is 2. The Morgan fingerprint density at radius 1 is 1.10 bits per heavy atom. The van der Waals surface area contributed by atoms with Crippen molar-refractivity contribution >= 4 is 28.3 Å². The largest absolute Gasteiger partial charge is 0.373 e. The van der Waals surface area contributed by atoms with E-state index >= 15 is 0 Å². The van der Waals surface area contributed by atoms with Gasteiger partial charge in [-0.3, -0.25) is 0 Å². The van der Waals surface area contributed by atoms with Gasteiger partial charge in [0.2, 0.25) is 0 Å². The van der Waals surface area contributed by atoms with Crippen LogP contribution < -0.4 is 5.32 Å². The minimum atomic E-state index is -0.270. The normalized spacial score (nSPS) is 10.9. The van der Waals surface area contributed by atoms with Crippen molar-refractivity contribution in [3.8, 4) is 11.4 Å². The van der Waals surface area contributed by atoms with Gasteiger partial charge in [0, 0.05) is 23.0 Å². The van der Waals surface area contributed by atoms with E-state index in [0.717, 1.165) is 10.9 Å². The first-order valence-corrected chi connectivity index (χ1v) is 6.88. The van der Waals surface area contributed by atoms with Crippen molar-refractivity contribution in [2.24, 2.45) is 0 Å². The van der Waals surface area contributed by atoms with Crippen LogP contribution in [0.25, 0.3) is 22.3 Å². The SMILES string of the molecule is CNc1nc(-c2ccc(C)c(F)c2)nc2cc(Cl)ccc12. The van der Waals surface area contributed by atoms with Crippen LogP contribution >= 0.6 is 11.6 Å². The molecule has 0 aliphatic rings. The Kier molecular flexibility index (Phi) is 3.47. The lowest BCUT2D eigenvalue weighted by molar-refractivity contribution is 0.619. The first-order chi connectivity index (χ1) is 10.1. The van der Waals surface area contributed by atoms with Crippen molar-refractivity contribution in [1.82, 2.24) is 9.97 Å². The van der Waals surface area contributed by atoms with Crippen molar-refractivity contribution in [3.63, 3.8) is 0 Å². The smallest absolute Gasteiger partial charge is 0.162 e. The highest BCUT2D eigenvalue weighted by Crippen LogP contribution is 2.27. The molecule has 2 aromatic carbocycles. The van der Waals surface area contributed by atoms with E-state index in [1.165, 1.54) is 6.07 Å². The lowest BCUT2D eigenvalue weighted by atomic mass is 10.1. The highest BCUT2D eigenvalue weighted by molar-refractivity contribution is 6.31. The Morgan fingerprint density at radius 2 is 1.90 bits per heavy atom. The first kappa shape index (κ1) is 13.8. The van der Waals surface area contributed by atoms with Gasteiger partial charge in [-0.25, -0.2) is 14.4 Å². The average molecular weight is 302 g/mol. The molecule has 0 saturated heterocycles. The topological polar surface area (TPSA) is 37.8 Å². The summed E-state index contributed by atoms with van der Waals surface area (Å²) in [6.45, 7) is 1.72. The van der Waals surface area contributed by atoms with Crippen LogP contribution in [0.3, 0.4) is 0 Å². The number of nitrogens with one attached hydrogen (secondary N) is 1. The van der Waals surface area contributed by atoms with Gasteiger partial charge in [0.1, 0.15) is 11.6 Å². The Labute approximate surface area is 126 Å². The molecule has 0 unspecified atom stereocenters. The summed E-state index contributed by atoms with van der Waals surface area (Å²) in [4.78, 5) is 8.94. The van der Waals surface area contributed by atoms with Crippen LogP contribution in [0.1, 0.15) is 5.56 Å². The molecule has 1 N–H and O–H groups in total. The number of hydrogen-bond acceptors (Lipinski definition) is 3. The van der Waals surface area contributed by atoms with Crippen molar-refractivity contribution in [3.05, 3.63) is 52.8 Å². The van der Waals surface area contributed by atoms with Crippen molar-refractivity contribution in [1.29, 1.82) is 0 Å². The van der Waals surface area contributed by atoms with E-state index in [1.807, 2.05) is 12.1 Å². The van der Waals surface area contributed by atoms with Gasteiger partial charge in [0.15, 0.2) is 5.82 Å². The molecule has 0 bridgehead atoms. The van der Waals surface area contributed by atoms with Gasteiger partial charge in [-0.15, -0.1) is 0 Å². The molecule has 0 spiro atoms. The number of aryl methyl sites for hydroxylation is 1. The maximum absolute atomic E-state index is 13.7. The molecule has 5 heteroatoms. The van der Waals surface area contributed by atoms with Gasteiger partial charge in [0.25, 0.3) is 0 Å². The molecule has 106 valence electrons. The molecule has 0 aliphatic carbocycles. The van der Waals surface area contributed by atoms with Crippen molar-refractivity contribution < 1.29 is 4.39 Å². The zero-order valence-electron chi connectivity index (χ0n) is 11.6. The molecular weight excluding hydrogens is 289 g/mol. The fraction of sp³-hybridized carbons (Fsp3) is 0.125. The van der Waals surface area contributed by atoms with E-state index in [1.54, 1.807) is 32.2 Å². The van der Waals surface area contributed by atoms with E-state index in [9.17, 15) is 4.39 Å². The fourth-order valence-electron chi connectivity index (χ4n) is 2.15. The fourth-order valence-corrected chi connectivity index (χ4v) is 2.32. The number of halogens is 2. The number of aromatic nitrogens is 2. The first-order valence-electron chi connectivity index (χ1n) is 6.50. The molecule has 1 aromatic heterocycles. The molecule has 1 heterocycles. The molecule has 0 aliphatic heterocycles. The van der Waals surface area contributed by atoms with Gasteiger partial charge >= 0.3 is 0 Å². The summed E-state index contributed by atoms with van der Waals surface area (Å²) in [6, 6.07) is 10.4. The quantitative estimate of drug-likeness (QED) is 0.760. The molecule has 0 atom stereocenters. The van der Waals surface area contributed by atoms with Crippen LogP contribution in [0.5, 0.6) is 0 Å². The number of fused-ring (bicyclic) bond motifs is 1. The maximum atomic E-state index is 13.7. The highest BCUT2D eigenvalue weighted by Gasteiger charge is 2.10. The van der Waals surface area contributed by atoms with Crippen LogP contribution in [0.2, 0.25) is 5.02 Å². The van der Waals surface area contributed by atoms with E-state index in [4.69, 9.17) is 11.6 Å². The minimum absolute atomic E-state index is 0.270. The molecule has 0 amide bonds. The highest BCUT2D eigenvalue weighted by atomic mass is 35.5. The van der Waals surface area contributed by atoms with Gasteiger partial charge in [-0.2, -0.15) is 0 Å². The Hall–Kier alpha value is -2.20. The van der Waals surface area contributed by atoms with E-state index < -0.39 is 0 Å². The standard InChI is InChI=1S/C16H13ClFN3/c1-9-3-4-10(7-13(9)18)15-20-14-8-11(17)5-6-12(14)16(19-2)21-15/h3-8H,1-2H3,(H,19,20,21). The van der Waals surface area contributed by atoms with Gasteiger partial charge in [0.05, 0.1) is 5.52 Å². The van der Waals surface area contributed by atoms with E-state index in [0.29, 0.717) is 27.8 Å². The number of benzene rings is 2. The van der Waals surface area contributed by atoms with Crippen LogP contribution in [0.4, 0.5) is 10.2 Å². The predicted octanol–water partition coefficient (Wildman–Crippen LogP) is 4.44. The van der Waals surface area contributed by atoms with Crippen LogP contribution in [0.15, 0.2) is 36.4 Å². The molecule has 3 aromatic rings. The molecule has 0 fully saturated rings. The second kappa shape index (κ2) is 5.30. The molecule has 3 nitrogen and oxygen atoms in total. The zero-order valence-corrected chi connectivity index (χ0v) is 12.4. The van der Waals surface area contributed by atoms with Gasteiger partial charge < -0.3 is 5.32 Å². The predicted molar refractivity (Wildman–Crippen MR) is 84.2 cm³/mol. The second-order valence-corrected chi connectivity index (χ2v) is 5.21. The monoisotopic (exact) mass is 301 g/mol. The molecule has 0 radical (unpaired) electrons. The summed E-state index contributed by atoms with van der Waals surface area (Å²) in [5.41, 5.74) is 1.95. The van der Waals surface area contributed by atoms with Gasteiger partial charge in [-0.05, 0) is 36.8 Å². The lowest BCUT2D eigenvalue weighted by Crippen LogP contribution is -1.99. The van der Waals surface area contributed by atoms with E-state index in [-0.39, 0.29) is 5.82 Å². The maximum Gasteiger partial charge on any atom is 0.162 e. The minimum Gasteiger partial charge on any atom is -0.373 e. The number of anilines is 1. The summed E-state index contributed by atoms with van der Waals surface area (Å²) in [7, 11) is 1.79. The number of nitrogens with zero attached hydrogens (tertiary/aromatic N) is 2. The lowest BCUT2D eigenvalue weighted by Gasteiger charge is -2.09. The second-order valence-electron chi connectivity index (χ2n) is 4.77. The van der Waals surface area contributed by atoms with Crippen molar-refractivity contribution in [2.45, 2.75) is 6.92 Å². The van der Waals surface area contributed by atoms with Crippen LogP contribution in [0, 0.1) is 12.7 Å². The van der Waals surface area contributed by atoms with Crippen LogP contribution in [-0.4, -0.2) is 17.0 Å². The third kappa shape index (κ3) is 2.54. The summed E-state index contributed by atoms with van der Waals surface area (Å²) in [5.74, 6) is 0.883. The van der Waals surface area contributed by atoms with Gasteiger partial charge in [-0.1, -0.05) is 23.7 Å². The number of hydrogen-bond donors (Lipinski definition) is 1. The summed E-state index contributed by atoms with van der Waals surface area (Å²) in [5, 5.41) is 4.51. The van der Waals surface area contributed by atoms with Crippen molar-refractivity contribution in [2.75, 3.05) is 12.4 Å². The molecule has 0 saturated carbocycles. The summed E-state index contributed by atoms with van der Waals surface area (Å²) in [6.07, 6.45) is 0. The Bertz CT molecular complexity index is 833. The van der Waals surface area contributed by atoms with Crippen LogP contribution in [-0.2, 0) is 0 Å².